The maximum atomic E-state index is 13.5. The van der Waals surface area contributed by atoms with Gasteiger partial charge in [0.2, 0.25) is 0 Å². The van der Waals surface area contributed by atoms with Crippen LogP contribution in [0, 0.1) is 0 Å². The summed E-state index contributed by atoms with van der Waals surface area (Å²) in [6.07, 6.45) is 0. The second kappa shape index (κ2) is 8.88. The second-order valence-corrected chi connectivity index (χ2v) is 10.00. The molecule has 1 fully saturated rings. The van der Waals surface area contributed by atoms with Gasteiger partial charge in [-0.25, -0.2) is 0 Å². The first-order chi connectivity index (χ1) is 15.3. The standard InChI is InChI=1S/C23H26N4O2S3/c1-6-24-14(4)15(5)31-22(24)18-20(29)25(7-2)21(32-18)17-19(28)26(8-3)23(30)27(17)16-12-10-9-11-13-16/h9-13H,6-8H2,1-5H3. The average Bonchev–Trinajstić information content (AvgIpc) is 3.36. The smallest absolute Gasteiger partial charge is 0.280 e. The van der Waals surface area contributed by atoms with Gasteiger partial charge in [0.1, 0.15) is 19.9 Å². The normalized spacial score (nSPS) is 20.3. The minimum Gasteiger partial charge on any atom is -0.338 e. The summed E-state index contributed by atoms with van der Waals surface area (Å²) in [5.74, 6) is -0.168. The third-order valence-corrected chi connectivity index (χ3v) is 8.68. The highest BCUT2D eigenvalue weighted by Crippen LogP contribution is 2.40. The summed E-state index contributed by atoms with van der Waals surface area (Å²) in [4.78, 5) is 33.8. The SMILES string of the molecule is CCN1C(=O)C(=c2sc(=C3SC(C)=C(C)N3CC)c(=O)n2CC)N(c2ccccc2)C1=S. The number of benzene rings is 1. The molecular weight excluding hydrogens is 460 g/mol. The highest BCUT2D eigenvalue weighted by atomic mass is 32.2. The van der Waals surface area contributed by atoms with Crippen LogP contribution in [0.15, 0.2) is 45.7 Å². The summed E-state index contributed by atoms with van der Waals surface area (Å²) in [7, 11) is 0. The van der Waals surface area contributed by atoms with Gasteiger partial charge >= 0.3 is 0 Å². The van der Waals surface area contributed by atoms with E-state index in [1.54, 1.807) is 26.1 Å². The van der Waals surface area contributed by atoms with Crippen molar-refractivity contribution in [3.05, 3.63) is 60.5 Å². The number of thioether (sulfide) groups is 1. The summed E-state index contributed by atoms with van der Waals surface area (Å²) in [5.41, 5.74) is 2.36. The van der Waals surface area contributed by atoms with Crippen LogP contribution in [0.4, 0.5) is 5.69 Å². The van der Waals surface area contributed by atoms with Crippen LogP contribution >= 0.6 is 35.3 Å². The van der Waals surface area contributed by atoms with Crippen molar-refractivity contribution >= 4 is 62.7 Å². The van der Waals surface area contributed by atoms with Crippen LogP contribution in [0.3, 0.4) is 0 Å². The molecule has 0 atom stereocenters. The number of para-hydroxylation sites is 1. The summed E-state index contributed by atoms with van der Waals surface area (Å²) in [6, 6.07) is 9.63. The number of nitrogens with zero attached hydrogens (tertiary/aromatic N) is 4. The molecule has 1 aromatic carbocycles. The van der Waals surface area contributed by atoms with Gasteiger partial charge in [-0.15, -0.1) is 11.3 Å². The van der Waals surface area contributed by atoms with Crippen molar-refractivity contribution in [3.8, 4) is 0 Å². The topological polar surface area (TPSA) is 48.8 Å². The van der Waals surface area contributed by atoms with Crippen molar-refractivity contribution in [2.24, 2.45) is 0 Å². The molecule has 4 rings (SSSR count). The fraction of sp³-hybridized carbons (Fsp3) is 0.348. The lowest BCUT2D eigenvalue weighted by atomic mass is 10.3. The Labute approximate surface area is 201 Å². The Kier molecular flexibility index (Phi) is 6.33. The summed E-state index contributed by atoms with van der Waals surface area (Å²) in [6.45, 7) is 11.8. The fourth-order valence-corrected chi connectivity index (χ4v) is 6.93. The Hall–Kier alpha value is -2.36. The number of carbonyl (C=O) groups is 1. The molecule has 1 aromatic heterocycles. The van der Waals surface area contributed by atoms with Crippen LogP contribution in [-0.2, 0) is 11.3 Å². The number of allylic oxidation sites excluding steroid dienone is 2. The van der Waals surface area contributed by atoms with Gasteiger partial charge in [0.05, 0.1) is 0 Å². The zero-order valence-corrected chi connectivity index (χ0v) is 21.3. The van der Waals surface area contributed by atoms with Gasteiger partial charge < -0.3 is 4.90 Å². The Morgan fingerprint density at radius 1 is 0.938 bits per heavy atom. The quantitative estimate of drug-likeness (QED) is 0.619. The molecule has 0 aliphatic carbocycles. The Balaban J connectivity index is 2.08. The number of anilines is 1. The van der Waals surface area contributed by atoms with E-state index in [0.717, 1.165) is 17.3 Å². The summed E-state index contributed by atoms with van der Waals surface area (Å²) in [5, 5.41) is 1.38. The van der Waals surface area contributed by atoms with Crippen molar-refractivity contribution in [2.45, 2.75) is 41.2 Å². The minimum atomic E-state index is -0.168. The van der Waals surface area contributed by atoms with E-state index >= 15 is 0 Å². The Morgan fingerprint density at radius 3 is 2.19 bits per heavy atom. The molecular formula is C23H26N4O2S3. The van der Waals surface area contributed by atoms with Crippen LogP contribution in [0.1, 0.15) is 34.6 Å². The summed E-state index contributed by atoms with van der Waals surface area (Å²) < 4.78 is 3.01. The highest BCUT2D eigenvalue weighted by molar-refractivity contribution is 8.11. The third kappa shape index (κ3) is 3.43. The van der Waals surface area contributed by atoms with E-state index in [1.165, 1.54) is 21.9 Å². The van der Waals surface area contributed by atoms with E-state index in [2.05, 4.69) is 25.7 Å². The van der Waals surface area contributed by atoms with E-state index in [-0.39, 0.29) is 11.5 Å². The minimum absolute atomic E-state index is 0.0647. The van der Waals surface area contributed by atoms with E-state index in [9.17, 15) is 9.59 Å². The number of thiazole rings is 1. The third-order valence-electron chi connectivity index (χ3n) is 5.75. The Morgan fingerprint density at radius 2 is 1.59 bits per heavy atom. The van der Waals surface area contributed by atoms with Gasteiger partial charge in [0.25, 0.3) is 11.5 Å². The molecule has 0 N–H and O–H groups in total. The van der Waals surface area contributed by atoms with Crippen LogP contribution in [-0.4, -0.2) is 38.5 Å². The van der Waals surface area contributed by atoms with Gasteiger partial charge in [-0.3, -0.25) is 24.0 Å². The lowest BCUT2D eigenvalue weighted by Gasteiger charge is -2.19. The average molecular weight is 487 g/mol. The molecule has 0 spiro atoms. The van der Waals surface area contributed by atoms with Crippen LogP contribution in [0.2, 0.25) is 0 Å². The summed E-state index contributed by atoms with van der Waals surface area (Å²) >= 11 is 8.71. The molecule has 0 bridgehead atoms. The molecule has 1 saturated heterocycles. The van der Waals surface area contributed by atoms with Crippen molar-refractivity contribution in [3.63, 3.8) is 0 Å². The largest absolute Gasteiger partial charge is 0.338 e. The number of aromatic nitrogens is 1. The first-order valence-electron chi connectivity index (χ1n) is 10.7. The zero-order valence-electron chi connectivity index (χ0n) is 18.8. The number of thiocarbonyl (C=S) groups is 1. The maximum absolute atomic E-state index is 13.5. The monoisotopic (exact) mass is 486 g/mol. The van der Waals surface area contributed by atoms with E-state index in [1.807, 2.05) is 44.2 Å². The molecule has 0 saturated carbocycles. The highest BCUT2D eigenvalue weighted by Gasteiger charge is 2.40. The first kappa shape index (κ1) is 22.8. The predicted molar refractivity (Wildman–Crippen MR) is 138 cm³/mol. The lowest BCUT2D eigenvalue weighted by Crippen LogP contribution is -2.36. The number of carbonyl (C=O) groups excluding carboxylic acids is 1. The molecule has 2 aliphatic rings. The number of hydrogen-bond acceptors (Lipinski definition) is 6. The molecule has 9 heteroatoms. The van der Waals surface area contributed by atoms with E-state index in [0.29, 0.717) is 33.1 Å². The first-order valence-corrected chi connectivity index (χ1v) is 12.7. The van der Waals surface area contributed by atoms with Crippen molar-refractivity contribution < 1.29 is 4.79 Å². The van der Waals surface area contributed by atoms with Crippen LogP contribution in [0.25, 0.3) is 10.7 Å². The number of hydrogen-bond donors (Lipinski definition) is 0. The van der Waals surface area contributed by atoms with Crippen LogP contribution < -0.4 is 19.7 Å². The maximum Gasteiger partial charge on any atom is 0.280 e. The van der Waals surface area contributed by atoms with Gasteiger partial charge in [-0.2, -0.15) is 0 Å². The second-order valence-electron chi connectivity index (χ2n) is 7.43. The fourth-order valence-electron chi connectivity index (χ4n) is 3.98. The molecule has 1 amide bonds. The van der Waals surface area contributed by atoms with Gasteiger partial charge in [0, 0.05) is 35.9 Å². The molecule has 168 valence electrons. The number of amides is 1. The van der Waals surface area contributed by atoms with E-state index in [4.69, 9.17) is 12.2 Å². The van der Waals surface area contributed by atoms with Crippen molar-refractivity contribution in [2.75, 3.05) is 18.0 Å². The Bertz CT molecular complexity index is 1310. The molecule has 0 radical (unpaired) electrons. The number of rotatable bonds is 4. The van der Waals surface area contributed by atoms with E-state index < -0.39 is 0 Å². The molecule has 2 aromatic rings. The van der Waals surface area contributed by atoms with Gasteiger partial charge in [0.15, 0.2) is 5.11 Å². The molecule has 6 nitrogen and oxygen atoms in total. The molecule has 32 heavy (non-hydrogen) atoms. The van der Waals surface area contributed by atoms with Crippen molar-refractivity contribution in [1.29, 1.82) is 0 Å². The number of likely N-dealkylation sites (N-methyl/N-ethyl adjacent to an activating group) is 1. The lowest BCUT2D eigenvalue weighted by molar-refractivity contribution is -0.120. The predicted octanol–water partition coefficient (Wildman–Crippen LogP) is 3.08. The van der Waals surface area contributed by atoms with Crippen molar-refractivity contribution in [1.82, 2.24) is 14.4 Å². The van der Waals surface area contributed by atoms with Gasteiger partial charge in [-0.1, -0.05) is 30.0 Å². The molecule has 3 heterocycles. The zero-order chi connectivity index (χ0) is 23.2. The van der Waals surface area contributed by atoms with Gasteiger partial charge in [-0.05, 0) is 59.0 Å². The molecule has 2 aliphatic heterocycles. The van der Waals surface area contributed by atoms with Crippen LogP contribution in [0.5, 0.6) is 0 Å². The molecule has 0 unspecified atom stereocenters.